The van der Waals surface area contributed by atoms with E-state index in [1.807, 2.05) is 24.3 Å². The Morgan fingerprint density at radius 1 is 1.12 bits per heavy atom. The third-order valence-electron chi connectivity index (χ3n) is 5.72. The summed E-state index contributed by atoms with van der Waals surface area (Å²) in [5, 5.41) is 3.32. The molecule has 1 fully saturated rings. The minimum atomic E-state index is -0.234. The van der Waals surface area contributed by atoms with Gasteiger partial charge in [0.25, 0.3) is 5.91 Å². The van der Waals surface area contributed by atoms with Crippen LogP contribution in [-0.2, 0) is 0 Å². The van der Waals surface area contributed by atoms with Crippen molar-refractivity contribution in [2.75, 3.05) is 57.4 Å². The van der Waals surface area contributed by atoms with Gasteiger partial charge in [-0.25, -0.2) is 0 Å². The summed E-state index contributed by atoms with van der Waals surface area (Å²) in [4.78, 5) is 21.7. The lowest BCUT2D eigenvalue weighted by Crippen LogP contribution is -2.45. The van der Waals surface area contributed by atoms with E-state index in [0.717, 1.165) is 38.3 Å². The number of aromatic nitrogens is 1. The summed E-state index contributed by atoms with van der Waals surface area (Å²) < 4.78 is 5.86. The number of halogens is 1. The van der Waals surface area contributed by atoms with Crippen LogP contribution < -0.4 is 15.8 Å². The van der Waals surface area contributed by atoms with Crippen LogP contribution in [0.3, 0.4) is 0 Å². The first kappa shape index (κ1) is 23.0. The number of carbonyl (C=O) groups excluding carboxylic acids is 1. The average Bonchev–Trinajstić information content (AvgIpc) is 2.82. The Morgan fingerprint density at radius 3 is 2.55 bits per heavy atom. The Kier molecular flexibility index (Phi) is 7.44. The smallest absolute Gasteiger partial charge is 0.255 e. The number of piperazine rings is 1. The minimum absolute atomic E-state index is 0.234. The van der Waals surface area contributed by atoms with Crippen LogP contribution in [0.2, 0.25) is 5.02 Å². The van der Waals surface area contributed by atoms with Crippen LogP contribution in [0.15, 0.2) is 60.8 Å². The van der Waals surface area contributed by atoms with E-state index < -0.39 is 0 Å². The van der Waals surface area contributed by atoms with Crippen molar-refractivity contribution in [1.29, 1.82) is 0 Å². The molecule has 8 heteroatoms. The number of rotatable bonds is 7. The van der Waals surface area contributed by atoms with Gasteiger partial charge < -0.3 is 20.7 Å². The Labute approximate surface area is 199 Å². The zero-order chi connectivity index (χ0) is 23.2. The van der Waals surface area contributed by atoms with Crippen LogP contribution in [0.5, 0.6) is 5.75 Å². The summed E-state index contributed by atoms with van der Waals surface area (Å²) in [5.74, 6) is 0.414. The number of para-hydroxylation sites is 2. The van der Waals surface area contributed by atoms with Gasteiger partial charge in [0.05, 0.1) is 28.3 Å². The molecule has 4 rings (SSSR count). The second-order valence-electron chi connectivity index (χ2n) is 8.11. The number of hydrogen-bond donors (Lipinski definition) is 2. The number of ether oxygens (including phenoxy) is 1. The molecule has 3 N–H and O–H groups in total. The summed E-state index contributed by atoms with van der Waals surface area (Å²) in [7, 11) is 2.15. The van der Waals surface area contributed by atoms with Gasteiger partial charge in [0.2, 0.25) is 0 Å². The maximum Gasteiger partial charge on any atom is 0.255 e. The summed E-state index contributed by atoms with van der Waals surface area (Å²) in [6.07, 6.45) is 1.68. The lowest BCUT2D eigenvalue weighted by Gasteiger charge is -2.32. The van der Waals surface area contributed by atoms with Crippen LogP contribution in [0, 0.1) is 0 Å². The molecule has 1 saturated heterocycles. The number of nitrogens with zero attached hydrogens (tertiary/aromatic N) is 3. The second-order valence-corrected chi connectivity index (χ2v) is 8.52. The normalized spacial score (nSPS) is 14.7. The first-order valence-corrected chi connectivity index (χ1v) is 11.3. The maximum absolute atomic E-state index is 12.5. The van der Waals surface area contributed by atoms with Crippen molar-refractivity contribution < 1.29 is 9.53 Å². The summed E-state index contributed by atoms with van der Waals surface area (Å²) >= 11 is 6.48. The van der Waals surface area contributed by atoms with E-state index in [2.05, 4.69) is 27.1 Å². The summed E-state index contributed by atoms with van der Waals surface area (Å²) in [6.45, 7) is 5.77. The molecular weight excluding hydrogens is 438 g/mol. The van der Waals surface area contributed by atoms with Crippen molar-refractivity contribution in [3.05, 3.63) is 71.4 Å². The van der Waals surface area contributed by atoms with Gasteiger partial charge in [0, 0.05) is 49.9 Å². The van der Waals surface area contributed by atoms with E-state index in [0.29, 0.717) is 40.0 Å². The van der Waals surface area contributed by atoms with E-state index in [1.54, 1.807) is 36.5 Å². The van der Waals surface area contributed by atoms with Crippen molar-refractivity contribution >= 4 is 28.9 Å². The molecule has 1 amide bonds. The van der Waals surface area contributed by atoms with Crippen molar-refractivity contribution in [2.45, 2.75) is 0 Å². The molecule has 33 heavy (non-hydrogen) atoms. The second kappa shape index (κ2) is 10.7. The highest BCUT2D eigenvalue weighted by Gasteiger charge is 2.14. The third kappa shape index (κ3) is 6.01. The van der Waals surface area contributed by atoms with Gasteiger partial charge in [-0.15, -0.1) is 0 Å². The molecule has 0 atom stereocenters. The van der Waals surface area contributed by atoms with E-state index >= 15 is 0 Å². The molecule has 172 valence electrons. The molecule has 1 aliphatic heterocycles. The number of nitrogens with two attached hydrogens (primary N) is 1. The average molecular weight is 466 g/mol. The molecule has 2 aromatic carbocycles. The monoisotopic (exact) mass is 465 g/mol. The molecule has 2 heterocycles. The molecule has 0 saturated carbocycles. The fourth-order valence-electron chi connectivity index (χ4n) is 3.66. The Bertz CT molecular complexity index is 1100. The van der Waals surface area contributed by atoms with Gasteiger partial charge in [0.15, 0.2) is 0 Å². The van der Waals surface area contributed by atoms with E-state index in [1.165, 1.54) is 0 Å². The number of benzene rings is 2. The van der Waals surface area contributed by atoms with Crippen LogP contribution in [-0.4, -0.2) is 67.1 Å². The molecule has 0 aliphatic carbocycles. The number of anilines is 2. The van der Waals surface area contributed by atoms with Crippen LogP contribution in [0.4, 0.5) is 11.4 Å². The predicted molar refractivity (Wildman–Crippen MR) is 133 cm³/mol. The molecule has 0 unspecified atom stereocenters. The molecule has 7 nitrogen and oxygen atoms in total. The zero-order valence-electron chi connectivity index (χ0n) is 18.6. The lowest BCUT2D eigenvalue weighted by molar-refractivity contribution is 0.102. The van der Waals surface area contributed by atoms with E-state index in [-0.39, 0.29) is 5.91 Å². The quantitative estimate of drug-likeness (QED) is 0.515. The molecule has 1 aliphatic rings. The highest BCUT2D eigenvalue weighted by Crippen LogP contribution is 2.29. The Hall–Kier alpha value is -3.13. The number of hydrogen-bond acceptors (Lipinski definition) is 6. The molecule has 0 bridgehead atoms. The Balaban J connectivity index is 1.35. The van der Waals surface area contributed by atoms with Crippen molar-refractivity contribution in [3.8, 4) is 17.0 Å². The molecule has 0 radical (unpaired) electrons. The van der Waals surface area contributed by atoms with E-state index in [9.17, 15) is 4.79 Å². The molecule has 0 spiro atoms. The van der Waals surface area contributed by atoms with Crippen LogP contribution in [0.25, 0.3) is 11.3 Å². The Morgan fingerprint density at radius 2 is 1.85 bits per heavy atom. The number of pyridine rings is 1. The van der Waals surface area contributed by atoms with Gasteiger partial charge >= 0.3 is 0 Å². The van der Waals surface area contributed by atoms with E-state index in [4.69, 9.17) is 22.1 Å². The van der Waals surface area contributed by atoms with Gasteiger partial charge in [-0.1, -0.05) is 35.9 Å². The first-order valence-electron chi connectivity index (χ1n) is 10.9. The first-order chi connectivity index (χ1) is 16.0. The fraction of sp³-hybridized carbons (Fsp3) is 0.280. The summed E-state index contributed by atoms with van der Waals surface area (Å²) in [6, 6.07) is 16.1. The van der Waals surface area contributed by atoms with Crippen molar-refractivity contribution in [3.63, 3.8) is 0 Å². The van der Waals surface area contributed by atoms with Crippen molar-refractivity contribution in [2.24, 2.45) is 0 Å². The minimum Gasteiger partial charge on any atom is -0.491 e. The van der Waals surface area contributed by atoms with Crippen molar-refractivity contribution in [1.82, 2.24) is 14.8 Å². The number of carbonyl (C=O) groups is 1. The molecular formula is C25H28ClN5O2. The van der Waals surface area contributed by atoms with Gasteiger partial charge in [-0.3, -0.25) is 14.7 Å². The number of nitrogen functional groups attached to an aromatic ring is 1. The highest BCUT2D eigenvalue weighted by molar-refractivity contribution is 6.33. The topological polar surface area (TPSA) is 83.7 Å². The van der Waals surface area contributed by atoms with Gasteiger partial charge in [-0.2, -0.15) is 0 Å². The van der Waals surface area contributed by atoms with Gasteiger partial charge in [0.1, 0.15) is 12.4 Å². The molecule has 1 aromatic heterocycles. The fourth-order valence-corrected chi connectivity index (χ4v) is 3.93. The number of nitrogens with one attached hydrogen (secondary N) is 1. The number of amides is 1. The van der Waals surface area contributed by atoms with Crippen LogP contribution >= 0.6 is 11.6 Å². The highest BCUT2D eigenvalue weighted by atomic mass is 35.5. The standard InChI is InChI=1S/C25H28ClN5O2/c1-30-10-12-31(13-11-30)14-15-33-20-16-21(26)24(28-17-20)18-6-8-19(9-7-18)25(32)29-23-5-3-2-4-22(23)27/h2-9,16-17H,10-15,27H2,1H3,(H,29,32). The predicted octanol–water partition coefficient (Wildman–Crippen LogP) is 3.86. The molecule has 3 aromatic rings. The lowest BCUT2D eigenvalue weighted by atomic mass is 10.1. The van der Waals surface area contributed by atoms with Gasteiger partial charge in [-0.05, 0) is 31.3 Å². The SMILES string of the molecule is CN1CCN(CCOc2cnc(-c3ccc(C(=O)Nc4ccccc4N)cc3)c(Cl)c2)CC1. The largest absolute Gasteiger partial charge is 0.491 e. The maximum atomic E-state index is 12.5. The zero-order valence-corrected chi connectivity index (χ0v) is 19.4. The van der Waals surface area contributed by atoms with Crippen LogP contribution in [0.1, 0.15) is 10.4 Å². The summed E-state index contributed by atoms with van der Waals surface area (Å²) in [5.41, 5.74) is 8.97. The third-order valence-corrected chi connectivity index (χ3v) is 6.01. The number of likely N-dealkylation sites (N-methyl/N-ethyl adjacent to an activating group) is 1.